The van der Waals surface area contributed by atoms with E-state index in [9.17, 15) is 4.79 Å². The maximum absolute atomic E-state index is 11.8. The topological polar surface area (TPSA) is 70.2 Å². The number of amides is 1. The van der Waals surface area contributed by atoms with Crippen LogP contribution >= 0.6 is 0 Å². The summed E-state index contributed by atoms with van der Waals surface area (Å²) in [5.74, 6) is 2.52. The van der Waals surface area contributed by atoms with Crippen molar-refractivity contribution in [1.82, 2.24) is 15.3 Å². The molecule has 0 aliphatic carbocycles. The number of carbonyl (C=O) groups excluding carboxylic acids is 1. The minimum Gasteiger partial charge on any atom is -0.373 e. The fourth-order valence-corrected chi connectivity index (χ4v) is 2.38. The summed E-state index contributed by atoms with van der Waals surface area (Å²) in [5, 5.41) is 6.03. The van der Waals surface area contributed by atoms with E-state index in [1.165, 1.54) is 0 Å². The first-order chi connectivity index (χ1) is 9.82. The number of anilines is 2. The monoisotopic (exact) mass is 291 g/mol. The average Bonchev–Trinajstić information content (AvgIpc) is 2.62. The van der Waals surface area contributed by atoms with Gasteiger partial charge in [-0.15, -0.1) is 0 Å². The molecular formula is C15H25N5O. The summed E-state index contributed by atoms with van der Waals surface area (Å²) in [4.78, 5) is 23.2. The van der Waals surface area contributed by atoms with Gasteiger partial charge in [-0.1, -0.05) is 20.8 Å². The van der Waals surface area contributed by atoms with Crippen LogP contribution in [-0.2, 0) is 10.2 Å². The molecule has 6 nitrogen and oxygen atoms in total. The van der Waals surface area contributed by atoms with Crippen LogP contribution in [0.25, 0.3) is 0 Å². The van der Waals surface area contributed by atoms with Crippen molar-refractivity contribution in [2.75, 3.05) is 36.9 Å². The van der Waals surface area contributed by atoms with Crippen LogP contribution in [0, 0.1) is 6.92 Å². The van der Waals surface area contributed by atoms with Crippen LogP contribution in [0.15, 0.2) is 0 Å². The summed E-state index contributed by atoms with van der Waals surface area (Å²) in [6, 6.07) is 0. The van der Waals surface area contributed by atoms with Crippen LogP contribution in [0.2, 0.25) is 0 Å². The van der Waals surface area contributed by atoms with Gasteiger partial charge < -0.3 is 15.5 Å². The van der Waals surface area contributed by atoms with Crippen LogP contribution < -0.4 is 15.5 Å². The van der Waals surface area contributed by atoms with Crippen LogP contribution in [-0.4, -0.2) is 42.6 Å². The summed E-state index contributed by atoms with van der Waals surface area (Å²) in [6.45, 7) is 10.2. The molecule has 0 radical (unpaired) electrons. The van der Waals surface area contributed by atoms with E-state index in [0.717, 1.165) is 42.5 Å². The second-order valence-electron chi connectivity index (χ2n) is 6.47. The third-order valence-electron chi connectivity index (χ3n) is 3.59. The normalized spacial score (nSPS) is 16.4. The van der Waals surface area contributed by atoms with Crippen molar-refractivity contribution >= 4 is 17.5 Å². The first-order valence-electron chi connectivity index (χ1n) is 7.41. The molecule has 1 aliphatic heterocycles. The number of rotatable bonds is 2. The Bertz CT molecular complexity index is 536. The molecule has 21 heavy (non-hydrogen) atoms. The highest BCUT2D eigenvalue weighted by Crippen LogP contribution is 2.28. The van der Waals surface area contributed by atoms with Gasteiger partial charge in [-0.3, -0.25) is 4.79 Å². The molecule has 1 fully saturated rings. The predicted octanol–water partition coefficient (Wildman–Crippen LogP) is 1.45. The van der Waals surface area contributed by atoms with Gasteiger partial charge in [0.15, 0.2) is 0 Å². The molecular weight excluding hydrogens is 266 g/mol. The third kappa shape index (κ3) is 3.43. The summed E-state index contributed by atoms with van der Waals surface area (Å²) in [7, 11) is 1.86. The maximum Gasteiger partial charge on any atom is 0.239 e. The SMILES string of the molecule is CNc1nc(C(C)(C)C)nc(N2CCCNC(=O)C2)c1C. The van der Waals surface area contributed by atoms with Gasteiger partial charge in [-0.05, 0) is 13.3 Å². The van der Waals surface area contributed by atoms with Gasteiger partial charge in [0.05, 0.1) is 6.54 Å². The molecule has 0 saturated carbocycles. The molecule has 6 heteroatoms. The second-order valence-corrected chi connectivity index (χ2v) is 6.47. The van der Waals surface area contributed by atoms with Crippen molar-refractivity contribution in [1.29, 1.82) is 0 Å². The van der Waals surface area contributed by atoms with Crippen LogP contribution in [0.1, 0.15) is 38.6 Å². The zero-order valence-electron chi connectivity index (χ0n) is 13.6. The van der Waals surface area contributed by atoms with Gasteiger partial charge in [0.25, 0.3) is 0 Å². The Balaban J connectivity index is 2.48. The summed E-state index contributed by atoms with van der Waals surface area (Å²) >= 11 is 0. The van der Waals surface area contributed by atoms with Gasteiger partial charge in [0, 0.05) is 31.1 Å². The zero-order chi connectivity index (χ0) is 15.6. The fraction of sp³-hybridized carbons (Fsp3) is 0.667. The third-order valence-corrected chi connectivity index (χ3v) is 3.59. The molecule has 1 aromatic heterocycles. The van der Waals surface area contributed by atoms with Crippen molar-refractivity contribution in [3.63, 3.8) is 0 Å². The lowest BCUT2D eigenvalue weighted by Gasteiger charge is -2.26. The van der Waals surface area contributed by atoms with E-state index in [1.807, 2.05) is 14.0 Å². The molecule has 0 aromatic carbocycles. The standard InChI is InChI=1S/C15H25N5O/c1-10-12(16-5)18-14(15(2,3)4)19-13(10)20-8-6-7-17-11(21)9-20/h6-9H2,1-5H3,(H,17,21)(H,16,18,19). The molecule has 2 heterocycles. The zero-order valence-corrected chi connectivity index (χ0v) is 13.6. The van der Waals surface area contributed by atoms with Crippen molar-refractivity contribution in [2.45, 2.75) is 39.5 Å². The van der Waals surface area contributed by atoms with E-state index in [1.54, 1.807) is 0 Å². The minimum atomic E-state index is -0.137. The van der Waals surface area contributed by atoms with E-state index < -0.39 is 0 Å². The molecule has 0 spiro atoms. The summed E-state index contributed by atoms with van der Waals surface area (Å²) in [5.41, 5.74) is 0.850. The molecule has 1 aromatic rings. The highest BCUT2D eigenvalue weighted by atomic mass is 16.2. The number of hydrogen-bond donors (Lipinski definition) is 2. The lowest BCUT2D eigenvalue weighted by atomic mass is 9.95. The first-order valence-corrected chi connectivity index (χ1v) is 7.41. The second kappa shape index (κ2) is 5.87. The Labute approximate surface area is 126 Å². The Kier molecular flexibility index (Phi) is 4.34. The number of aromatic nitrogens is 2. The first kappa shape index (κ1) is 15.5. The predicted molar refractivity (Wildman–Crippen MR) is 84.9 cm³/mol. The Morgan fingerprint density at radius 1 is 1.29 bits per heavy atom. The molecule has 1 aliphatic rings. The molecule has 0 bridgehead atoms. The fourth-order valence-electron chi connectivity index (χ4n) is 2.38. The molecule has 0 atom stereocenters. The van der Waals surface area contributed by atoms with Crippen LogP contribution in [0.5, 0.6) is 0 Å². The Morgan fingerprint density at radius 3 is 2.62 bits per heavy atom. The highest BCUT2D eigenvalue weighted by Gasteiger charge is 2.24. The van der Waals surface area contributed by atoms with Gasteiger partial charge in [-0.2, -0.15) is 0 Å². The van der Waals surface area contributed by atoms with Crippen molar-refractivity contribution < 1.29 is 4.79 Å². The highest BCUT2D eigenvalue weighted by molar-refractivity contribution is 5.82. The van der Waals surface area contributed by atoms with Gasteiger partial charge in [0.1, 0.15) is 17.5 Å². The average molecular weight is 291 g/mol. The smallest absolute Gasteiger partial charge is 0.239 e. The molecule has 1 saturated heterocycles. The van der Waals surface area contributed by atoms with E-state index in [0.29, 0.717) is 6.54 Å². The van der Waals surface area contributed by atoms with E-state index in [2.05, 4.69) is 41.3 Å². The summed E-state index contributed by atoms with van der Waals surface area (Å²) < 4.78 is 0. The van der Waals surface area contributed by atoms with E-state index in [-0.39, 0.29) is 11.3 Å². The number of nitrogens with zero attached hydrogens (tertiary/aromatic N) is 3. The molecule has 2 N–H and O–H groups in total. The summed E-state index contributed by atoms with van der Waals surface area (Å²) in [6.07, 6.45) is 0.926. The van der Waals surface area contributed by atoms with Gasteiger partial charge >= 0.3 is 0 Å². The van der Waals surface area contributed by atoms with Gasteiger partial charge in [0.2, 0.25) is 5.91 Å². The van der Waals surface area contributed by atoms with Crippen LogP contribution in [0.4, 0.5) is 11.6 Å². The molecule has 2 rings (SSSR count). The Morgan fingerprint density at radius 2 is 2.00 bits per heavy atom. The maximum atomic E-state index is 11.8. The van der Waals surface area contributed by atoms with Crippen LogP contribution in [0.3, 0.4) is 0 Å². The Hall–Kier alpha value is -1.85. The quantitative estimate of drug-likeness (QED) is 0.863. The number of hydrogen-bond acceptors (Lipinski definition) is 5. The largest absolute Gasteiger partial charge is 0.373 e. The van der Waals surface area contributed by atoms with Crippen molar-refractivity contribution in [2.24, 2.45) is 0 Å². The van der Waals surface area contributed by atoms with E-state index >= 15 is 0 Å². The minimum absolute atomic E-state index is 0.0498. The molecule has 116 valence electrons. The number of nitrogens with one attached hydrogen (secondary N) is 2. The van der Waals surface area contributed by atoms with E-state index in [4.69, 9.17) is 4.98 Å². The molecule has 0 unspecified atom stereocenters. The lowest BCUT2D eigenvalue weighted by molar-refractivity contribution is -0.119. The van der Waals surface area contributed by atoms with Crippen molar-refractivity contribution in [3.8, 4) is 0 Å². The van der Waals surface area contributed by atoms with Crippen molar-refractivity contribution in [3.05, 3.63) is 11.4 Å². The lowest BCUT2D eigenvalue weighted by Crippen LogP contribution is -2.34. The van der Waals surface area contributed by atoms with Gasteiger partial charge in [-0.25, -0.2) is 9.97 Å². The molecule has 1 amide bonds. The number of carbonyl (C=O) groups is 1.